The van der Waals surface area contributed by atoms with E-state index in [0.29, 0.717) is 6.61 Å². The minimum atomic E-state index is 0.0582. The van der Waals surface area contributed by atoms with Crippen LogP contribution in [-0.2, 0) is 18.3 Å². The summed E-state index contributed by atoms with van der Waals surface area (Å²) in [6.07, 6.45) is 4.86. The Morgan fingerprint density at radius 1 is 1.25 bits per heavy atom. The zero-order valence-corrected chi connectivity index (χ0v) is 10.2. The molecule has 0 radical (unpaired) electrons. The maximum atomic E-state index is 9.78. The lowest BCUT2D eigenvalue weighted by Crippen LogP contribution is -2.21. The third kappa shape index (κ3) is 1.15. The SMILES string of the molecule is CC1(C)CC1(CO)c1cccc2c1CCC2. The van der Waals surface area contributed by atoms with Gasteiger partial charge in [-0.2, -0.15) is 0 Å². The number of hydrogen-bond acceptors (Lipinski definition) is 1. The van der Waals surface area contributed by atoms with Crippen molar-refractivity contribution in [2.75, 3.05) is 6.61 Å². The van der Waals surface area contributed by atoms with E-state index in [4.69, 9.17) is 0 Å². The second-order valence-electron chi connectivity index (χ2n) is 6.10. The standard InChI is InChI=1S/C15H20O/c1-14(2)9-15(14,10-16)13-8-4-6-11-5-3-7-12(11)13/h4,6,8,16H,3,5,7,9-10H2,1-2H3. The third-order valence-electron chi connectivity index (χ3n) is 4.85. The van der Waals surface area contributed by atoms with Gasteiger partial charge in [-0.15, -0.1) is 0 Å². The van der Waals surface area contributed by atoms with E-state index in [0.717, 1.165) is 6.42 Å². The van der Waals surface area contributed by atoms with E-state index in [1.807, 2.05) is 0 Å². The lowest BCUT2D eigenvalue weighted by Gasteiger charge is -2.21. The maximum Gasteiger partial charge on any atom is 0.0533 e. The molecule has 1 N–H and O–H groups in total. The molecule has 3 rings (SSSR count). The first-order valence-corrected chi connectivity index (χ1v) is 6.33. The summed E-state index contributed by atoms with van der Waals surface area (Å²) < 4.78 is 0. The lowest BCUT2D eigenvalue weighted by atomic mass is 9.84. The van der Waals surface area contributed by atoms with Crippen LogP contribution in [0.2, 0.25) is 0 Å². The number of benzene rings is 1. The number of aliphatic hydroxyl groups excluding tert-OH is 1. The molecular weight excluding hydrogens is 196 g/mol. The van der Waals surface area contributed by atoms with Gasteiger partial charge in [-0.25, -0.2) is 0 Å². The Morgan fingerprint density at radius 2 is 2.00 bits per heavy atom. The number of hydrogen-bond donors (Lipinski definition) is 1. The summed E-state index contributed by atoms with van der Waals surface area (Å²) in [4.78, 5) is 0. The molecule has 2 aliphatic rings. The Labute approximate surface area is 97.5 Å². The monoisotopic (exact) mass is 216 g/mol. The molecule has 0 amide bonds. The first kappa shape index (κ1) is 10.3. The van der Waals surface area contributed by atoms with Crippen LogP contribution >= 0.6 is 0 Å². The van der Waals surface area contributed by atoms with Crippen molar-refractivity contribution >= 4 is 0 Å². The molecule has 16 heavy (non-hydrogen) atoms. The Hall–Kier alpha value is -0.820. The molecule has 0 aromatic heterocycles. The molecule has 1 heteroatoms. The molecule has 1 aromatic rings. The summed E-state index contributed by atoms with van der Waals surface area (Å²) >= 11 is 0. The highest BCUT2D eigenvalue weighted by Crippen LogP contribution is 2.64. The summed E-state index contributed by atoms with van der Waals surface area (Å²) in [5, 5.41) is 9.78. The molecule has 0 spiro atoms. The largest absolute Gasteiger partial charge is 0.395 e. The molecule has 1 saturated carbocycles. The average Bonchev–Trinajstić information content (AvgIpc) is 2.65. The molecule has 2 aliphatic carbocycles. The second-order valence-corrected chi connectivity index (χ2v) is 6.10. The van der Waals surface area contributed by atoms with Crippen LogP contribution in [0, 0.1) is 5.41 Å². The van der Waals surface area contributed by atoms with Crippen molar-refractivity contribution in [2.45, 2.75) is 44.9 Å². The zero-order chi connectivity index (χ0) is 11.4. The van der Waals surface area contributed by atoms with E-state index in [2.05, 4.69) is 32.0 Å². The van der Waals surface area contributed by atoms with Crippen LogP contribution in [0.15, 0.2) is 18.2 Å². The fourth-order valence-electron chi connectivity index (χ4n) is 3.59. The summed E-state index contributed by atoms with van der Waals surface area (Å²) in [5.74, 6) is 0. The second kappa shape index (κ2) is 3.10. The van der Waals surface area contributed by atoms with Crippen LogP contribution in [0.25, 0.3) is 0 Å². The fourth-order valence-corrected chi connectivity index (χ4v) is 3.59. The Morgan fingerprint density at radius 3 is 2.62 bits per heavy atom. The molecule has 0 saturated heterocycles. The Bertz CT molecular complexity index is 433. The minimum absolute atomic E-state index is 0.0582. The van der Waals surface area contributed by atoms with Crippen LogP contribution in [-0.4, -0.2) is 11.7 Å². The number of rotatable bonds is 2. The normalized spacial score (nSPS) is 30.2. The highest BCUT2D eigenvalue weighted by molar-refractivity contribution is 5.48. The van der Waals surface area contributed by atoms with Gasteiger partial charge in [0.1, 0.15) is 0 Å². The van der Waals surface area contributed by atoms with Crippen LogP contribution in [0.3, 0.4) is 0 Å². The van der Waals surface area contributed by atoms with E-state index in [9.17, 15) is 5.11 Å². The van der Waals surface area contributed by atoms with E-state index in [-0.39, 0.29) is 10.8 Å². The Balaban J connectivity index is 2.11. The van der Waals surface area contributed by atoms with Crippen LogP contribution in [0.5, 0.6) is 0 Å². The predicted molar refractivity (Wildman–Crippen MR) is 65.6 cm³/mol. The fraction of sp³-hybridized carbons (Fsp3) is 0.600. The first-order valence-electron chi connectivity index (χ1n) is 6.33. The highest BCUT2D eigenvalue weighted by atomic mass is 16.3. The van der Waals surface area contributed by atoms with Crippen LogP contribution in [0.1, 0.15) is 43.4 Å². The third-order valence-corrected chi connectivity index (χ3v) is 4.85. The smallest absolute Gasteiger partial charge is 0.0533 e. The zero-order valence-electron chi connectivity index (χ0n) is 10.2. The molecule has 1 atom stereocenters. The number of aryl methyl sites for hydroxylation is 1. The lowest BCUT2D eigenvalue weighted by molar-refractivity contribution is 0.231. The topological polar surface area (TPSA) is 20.2 Å². The van der Waals surface area contributed by atoms with Gasteiger partial charge in [0, 0.05) is 5.41 Å². The molecule has 1 nitrogen and oxygen atoms in total. The van der Waals surface area contributed by atoms with Gasteiger partial charge in [-0.1, -0.05) is 32.0 Å². The summed E-state index contributed by atoms with van der Waals surface area (Å²) in [7, 11) is 0. The van der Waals surface area contributed by atoms with Gasteiger partial charge in [-0.05, 0) is 47.8 Å². The number of fused-ring (bicyclic) bond motifs is 1. The molecule has 0 heterocycles. The maximum absolute atomic E-state index is 9.78. The highest BCUT2D eigenvalue weighted by Gasteiger charge is 2.62. The average molecular weight is 216 g/mol. The predicted octanol–water partition coefficient (Wildman–Crippen LogP) is 2.84. The van der Waals surface area contributed by atoms with Crippen molar-refractivity contribution in [1.82, 2.24) is 0 Å². The van der Waals surface area contributed by atoms with E-state index in [1.54, 1.807) is 5.56 Å². The summed E-state index contributed by atoms with van der Waals surface area (Å²) in [6, 6.07) is 6.67. The van der Waals surface area contributed by atoms with Gasteiger partial charge < -0.3 is 5.11 Å². The molecule has 1 aromatic carbocycles. The molecule has 0 bridgehead atoms. The van der Waals surface area contributed by atoms with Crippen molar-refractivity contribution in [3.05, 3.63) is 34.9 Å². The van der Waals surface area contributed by atoms with Crippen molar-refractivity contribution in [3.63, 3.8) is 0 Å². The van der Waals surface area contributed by atoms with E-state index < -0.39 is 0 Å². The van der Waals surface area contributed by atoms with E-state index in [1.165, 1.54) is 30.4 Å². The van der Waals surface area contributed by atoms with Crippen LogP contribution in [0.4, 0.5) is 0 Å². The van der Waals surface area contributed by atoms with Crippen LogP contribution < -0.4 is 0 Å². The molecule has 86 valence electrons. The molecule has 1 unspecified atom stereocenters. The summed E-state index contributed by atoms with van der Waals surface area (Å²) in [5.41, 5.74) is 4.84. The van der Waals surface area contributed by atoms with Crippen molar-refractivity contribution in [2.24, 2.45) is 5.41 Å². The van der Waals surface area contributed by atoms with Crippen molar-refractivity contribution in [1.29, 1.82) is 0 Å². The van der Waals surface area contributed by atoms with E-state index >= 15 is 0 Å². The van der Waals surface area contributed by atoms with Gasteiger partial charge in [0.25, 0.3) is 0 Å². The quantitative estimate of drug-likeness (QED) is 0.806. The van der Waals surface area contributed by atoms with Gasteiger partial charge in [0.05, 0.1) is 6.61 Å². The minimum Gasteiger partial charge on any atom is -0.395 e. The van der Waals surface area contributed by atoms with Gasteiger partial charge in [0.2, 0.25) is 0 Å². The van der Waals surface area contributed by atoms with Gasteiger partial charge >= 0.3 is 0 Å². The molecule has 1 fully saturated rings. The van der Waals surface area contributed by atoms with Gasteiger partial charge in [-0.3, -0.25) is 0 Å². The molecular formula is C15H20O. The van der Waals surface area contributed by atoms with Gasteiger partial charge in [0.15, 0.2) is 0 Å². The first-order chi connectivity index (χ1) is 7.61. The molecule has 0 aliphatic heterocycles. The Kier molecular flexibility index (Phi) is 2.00. The van der Waals surface area contributed by atoms with Crippen molar-refractivity contribution in [3.8, 4) is 0 Å². The van der Waals surface area contributed by atoms with Crippen molar-refractivity contribution < 1.29 is 5.11 Å². The summed E-state index contributed by atoms with van der Waals surface area (Å²) in [6.45, 7) is 4.85. The number of aliphatic hydroxyl groups is 1.